The molecule has 0 spiro atoms. The van der Waals surface area contributed by atoms with Crippen molar-refractivity contribution in [1.82, 2.24) is 0 Å². The molecular weight excluding hydrogens is 224 g/mol. The van der Waals surface area contributed by atoms with Crippen molar-refractivity contribution in [3.63, 3.8) is 0 Å². The van der Waals surface area contributed by atoms with Crippen LogP contribution in [0, 0.1) is 5.92 Å². The van der Waals surface area contributed by atoms with E-state index in [9.17, 15) is 4.79 Å². The summed E-state index contributed by atoms with van der Waals surface area (Å²) in [5.74, 6) is 0.820. The molecule has 1 aliphatic heterocycles. The Morgan fingerprint density at radius 1 is 1.50 bits per heavy atom. The minimum atomic E-state index is 0.133. The first-order chi connectivity index (χ1) is 8.61. The molecule has 1 atom stereocenters. The molecule has 1 amide bonds. The average molecular weight is 246 g/mol. The van der Waals surface area contributed by atoms with Crippen molar-refractivity contribution in [2.45, 2.75) is 33.6 Å². The third-order valence-corrected chi connectivity index (χ3v) is 3.71. The molecule has 1 aliphatic rings. The maximum Gasteiger partial charge on any atom is 0.223 e. The van der Waals surface area contributed by atoms with Gasteiger partial charge in [0.1, 0.15) is 0 Å². The van der Waals surface area contributed by atoms with Gasteiger partial charge in [-0.3, -0.25) is 4.79 Å². The van der Waals surface area contributed by atoms with Crippen molar-refractivity contribution >= 4 is 17.3 Å². The van der Waals surface area contributed by atoms with E-state index in [0.29, 0.717) is 5.92 Å². The number of hydrogen-bond donors (Lipinski definition) is 1. The van der Waals surface area contributed by atoms with E-state index in [0.717, 1.165) is 25.2 Å². The predicted octanol–water partition coefficient (Wildman–Crippen LogP) is 3.05. The molecule has 3 nitrogen and oxygen atoms in total. The lowest BCUT2D eigenvalue weighted by Gasteiger charge is -2.16. The Morgan fingerprint density at radius 2 is 2.28 bits per heavy atom. The quantitative estimate of drug-likeness (QED) is 0.885. The van der Waals surface area contributed by atoms with E-state index in [4.69, 9.17) is 0 Å². The van der Waals surface area contributed by atoms with Crippen LogP contribution in [0.3, 0.4) is 0 Å². The summed E-state index contributed by atoms with van der Waals surface area (Å²) in [5.41, 5.74) is 3.52. The van der Waals surface area contributed by atoms with Crippen molar-refractivity contribution in [1.29, 1.82) is 0 Å². The largest absolute Gasteiger partial charge is 0.385 e. The topological polar surface area (TPSA) is 32.3 Å². The van der Waals surface area contributed by atoms with E-state index in [-0.39, 0.29) is 5.91 Å². The van der Waals surface area contributed by atoms with Gasteiger partial charge < -0.3 is 10.2 Å². The normalized spacial score (nSPS) is 15.4. The molecule has 0 fully saturated rings. The maximum atomic E-state index is 11.5. The highest BCUT2D eigenvalue weighted by atomic mass is 16.2. The molecular formula is C15H22N2O. The summed E-state index contributed by atoms with van der Waals surface area (Å²) >= 11 is 0. The minimum absolute atomic E-state index is 0.133. The predicted molar refractivity (Wildman–Crippen MR) is 76.1 cm³/mol. The van der Waals surface area contributed by atoms with Crippen LogP contribution in [0.1, 0.15) is 32.8 Å². The Morgan fingerprint density at radius 3 is 2.94 bits per heavy atom. The second-order valence-corrected chi connectivity index (χ2v) is 5.16. The number of hydrogen-bond acceptors (Lipinski definition) is 2. The molecule has 0 aromatic heterocycles. The van der Waals surface area contributed by atoms with E-state index in [2.05, 4.69) is 37.4 Å². The average Bonchev–Trinajstić information content (AvgIpc) is 2.78. The lowest BCUT2D eigenvalue weighted by molar-refractivity contribution is -0.116. The van der Waals surface area contributed by atoms with Crippen LogP contribution in [0.2, 0.25) is 0 Å². The molecule has 0 saturated carbocycles. The van der Waals surface area contributed by atoms with E-state index >= 15 is 0 Å². The van der Waals surface area contributed by atoms with Crippen molar-refractivity contribution in [3.8, 4) is 0 Å². The highest BCUT2D eigenvalue weighted by Gasteiger charge is 2.21. The lowest BCUT2D eigenvalue weighted by Crippen LogP contribution is -2.25. The summed E-state index contributed by atoms with van der Waals surface area (Å²) in [7, 11) is 0. The van der Waals surface area contributed by atoms with E-state index in [1.807, 2.05) is 4.90 Å². The van der Waals surface area contributed by atoms with Crippen molar-refractivity contribution < 1.29 is 4.79 Å². The SMILES string of the molecule is CCC(C)CNc1ccc2c(c1)CCN2C(C)=O. The molecule has 1 aromatic rings. The highest BCUT2D eigenvalue weighted by molar-refractivity contribution is 5.94. The summed E-state index contributed by atoms with van der Waals surface area (Å²) in [4.78, 5) is 13.3. The first kappa shape index (κ1) is 12.9. The second-order valence-electron chi connectivity index (χ2n) is 5.16. The molecule has 1 heterocycles. The van der Waals surface area contributed by atoms with Crippen LogP contribution in [0.4, 0.5) is 11.4 Å². The van der Waals surface area contributed by atoms with Gasteiger partial charge in [-0.25, -0.2) is 0 Å². The maximum absolute atomic E-state index is 11.5. The second kappa shape index (κ2) is 5.42. The van der Waals surface area contributed by atoms with Gasteiger partial charge in [-0.2, -0.15) is 0 Å². The molecule has 1 unspecified atom stereocenters. The van der Waals surface area contributed by atoms with Gasteiger partial charge in [-0.15, -0.1) is 0 Å². The van der Waals surface area contributed by atoms with Crippen LogP contribution in [-0.4, -0.2) is 19.0 Å². The van der Waals surface area contributed by atoms with Crippen molar-refractivity contribution in [3.05, 3.63) is 23.8 Å². The number of fused-ring (bicyclic) bond motifs is 1. The molecule has 0 saturated heterocycles. The third kappa shape index (κ3) is 2.66. The fraction of sp³-hybridized carbons (Fsp3) is 0.533. The lowest BCUT2D eigenvalue weighted by atomic mass is 10.1. The number of rotatable bonds is 4. The zero-order chi connectivity index (χ0) is 13.1. The molecule has 1 N–H and O–H groups in total. The first-order valence-electron chi connectivity index (χ1n) is 6.76. The zero-order valence-electron chi connectivity index (χ0n) is 11.5. The van der Waals surface area contributed by atoms with Gasteiger partial charge >= 0.3 is 0 Å². The summed E-state index contributed by atoms with van der Waals surface area (Å²) in [6.45, 7) is 7.91. The fourth-order valence-corrected chi connectivity index (χ4v) is 2.28. The first-order valence-corrected chi connectivity index (χ1v) is 6.76. The van der Waals surface area contributed by atoms with Crippen LogP contribution < -0.4 is 10.2 Å². The van der Waals surface area contributed by atoms with Gasteiger partial charge in [0.05, 0.1) is 0 Å². The van der Waals surface area contributed by atoms with Crippen LogP contribution in [0.25, 0.3) is 0 Å². The van der Waals surface area contributed by atoms with Crippen molar-refractivity contribution in [2.75, 3.05) is 23.3 Å². The standard InChI is InChI=1S/C15H22N2O/c1-4-11(2)10-16-14-5-6-15-13(9-14)7-8-17(15)12(3)18/h5-6,9,11,16H,4,7-8,10H2,1-3H3. The monoisotopic (exact) mass is 246 g/mol. The number of benzene rings is 1. The van der Waals surface area contributed by atoms with Gasteiger partial charge in [-0.05, 0) is 36.1 Å². The van der Waals surface area contributed by atoms with Crippen LogP contribution in [0.15, 0.2) is 18.2 Å². The molecule has 0 radical (unpaired) electrons. The Kier molecular flexibility index (Phi) is 3.90. The fourth-order valence-electron chi connectivity index (χ4n) is 2.28. The van der Waals surface area contributed by atoms with Crippen LogP contribution >= 0.6 is 0 Å². The van der Waals surface area contributed by atoms with Gasteiger partial charge in [0, 0.05) is 31.4 Å². The molecule has 98 valence electrons. The summed E-state index contributed by atoms with van der Waals surface area (Å²) < 4.78 is 0. The van der Waals surface area contributed by atoms with E-state index < -0.39 is 0 Å². The Bertz CT molecular complexity index is 442. The number of nitrogens with one attached hydrogen (secondary N) is 1. The Balaban J connectivity index is 2.07. The zero-order valence-corrected chi connectivity index (χ0v) is 11.5. The molecule has 0 aliphatic carbocycles. The number of nitrogens with zero attached hydrogens (tertiary/aromatic N) is 1. The number of anilines is 2. The Hall–Kier alpha value is -1.51. The molecule has 3 heteroatoms. The highest BCUT2D eigenvalue weighted by Crippen LogP contribution is 2.30. The van der Waals surface area contributed by atoms with Gasteiger partial charge in [-0.1, -0.05) is 20.3 Å². The molecule has 2 rings (SSSR count). The van der Waals surface area contributed by atoms with E-state index in [1.165, 1.54) is 17.7 Å². The summed E-state index contributed by atoms with van der Waals surface area (Å²) in [6.07, 6.45) is 2.16. The van der Waals surface area contributed by atoms with Crippen LogP contribution in [-0.2, 0) is 11.2 Å². The third-order valence-electron chi connectivity index (χ3n) is 3.71. The molecule has 1 aromatic carbocycles. The summed E-state index contributed by atoms with van der Waals surface area (Å²) in [6, 6.07) is 6.31. The number of carbonyl (C=O) groups excluding carboxylic acids is 1. The minimum Gasteiger partial charge on any atom is -0.385 e. The van der Waals surface area contributed by atoms with Crippen molar-refractivity contribution in [2.24, 2.45) is 5.92 Å². The van der Waals surface area contributed by atoms with Gasteiger partial charge in [0.2, 0.25) is 5.91 Å². The van der Waals surface area contributed by atoms with Crippen LogP contribution in [0.5, 0.6) is 0 Å². The smallest absolute Gasteiger partial charge is 0.223 e. The van der Waals surface area contributed by atoms with Gasteiger partial charge in [0.15, 0.2) is 0 Å². The number of carbonyl (C=O) groups is 1. The number of amides is 1. The Labute approximate surface area is 109 Å². The molecule has 18 heavy (non-hydrogen) atoms. The molecule has 0 bridgehead atoms. The summed E-state index contributed by atoms with van der Waals surface area (Å²) in [5, 5.41) is 3.47. The van der Waals surface area contributed by atoms with E-state index in [1.54, 1.807) is 6.92 Å². The van der Waals surface area contributed by atoms with Gasteiger partial charge in [0.25, 0.3) is 0 Å².